The average Bonchev–Trinajstić information content (AvgIpc) is 2.08. The number of nitrogens with zero attached hydrogens (tertiary/aromatic N) is 1. The Hall–Kier alpha value is 0.270. The van der Waals surface area contributed by atoms with Crippen molar-refractivity contribution in [3.8, 4) is 0 Å². The second kappa shape index (κ2) is 6.68. The van der Waals surface area contributed by atoms with Gasteiger partial charge in [-0.15, -0.1) is 0 Å². The topological polar surface area (TPSA) is 23.5 Å². The summed E-state index contributed by atoms with van der Waals surface area (Å²) in [6, 6.07) is 0. The molecule has 1 rings (SSSR count). The van der Waals surface area contributed by atoms with Crippen molar-refractivity contribution in [2.45, 2.75) is 19.8 Å². The summed E-state index contributed by atoms with van der Waals surface area (Å²) in [7, 11) is 0. The minimum Gasteiger partial charge on any atom is -0.396 e. The van der Waals surface area contributed by atoms with E-state index in [1.165, 1.54) is 31.8 Å². The molecule has 0 aromatic carbocycles. The maximum Gasteiger partial charge on any atom is 0.0438 e. The predicted octanol–water partition coefficient (Wildman–Crippen LogP) is 1.44. The van der Waals surface area contributed by atoms with Crippen LogP contribution < -0.4 is 0 Å². The SMILES string of the molecule is CCC1CN(CCSCCCO)C1. The summed E-state index contributed by atoms with van der Waals surface area (Å²) in [5.41, 5.74) is 0. The second-order valence-corrected chi connectivity index (χ2v) is 4.95. The predicted molar refractivity (Wildman–Crippen MR) is 59.2 cm³/mol. The summed E-state index contributed by atoms with van der Waals surface area (Å²) in [4.78, 5) is 2.53. The maximum absolute atomic E-state index is 8.57. The summed E-state index contributed by atoms with van der Waals surface area (Å²) < 4.78 is 0. The van der Waals surface area contributed by atoms with E-state index in [0.717, 1.165) is 18.1 Å². The number of hydrogen-bond donors (Lipinski definition) is 1. The van der Waals surface area contributed by atoms with E-state index < -0.39 is 0 Å². The van der Waals surface area contributed by atoms with E-state index in [-0.39, 0.29) is 0 Å². The first-order valence-corrected chi connectivity index (χ1v) is 6.43. The molecule has 0 aromatic rings. The zero-order valence-electron chi connectivity index (χ0n) is 8.54. The van der Waals surface area contributed by atoms with Gasteiger partial charge in [0, 0.05) is 32.0 Å². The van der Waals surface area contributed by atoms with Gasteiger partial charge in [0.25, 0.3) is 0 Å². The first kappa shape index (κ1) is 11.3. The molecule has 0 atom stereocenters. The minimum absolute atomic E-state index is 0.342. The van der Waals surface area contributed by atoms with Crippen LogP contribution in [0.1, 0.15) is 19.8 Å². The third-order valence-corrected chi connectivity index (χ3v) is 3.66. The Morgan fingerprint density at radius 3 is 2.77 bits per heavy atom. The van der Waals surface area contributed by atoms with Crippen molar-refractivity contribution in [1.82, 2.24) is 4.90 Å². The van der Waals surface area contributed by atoms with Crippen molar-refractivity contribution < 1.29 is 5.11 Å². The molecule has 1 N–H and O–H groups in total. The highest BCUT2D eigenvalue weighted by atomic mass is 32.2. The van der Waals surface area contributed by atoms with E-state index in [1.54, 1.807) is 0 Å². The van der Waals surface area contributed by atoms with Gasteiger partial charge in [-0.3, -0.25) is 0 Å². The van der Waals surface area contributed by atoms with Gasteiger partial charge in [-0.05, 0) is 18.1 Å². The van der Waals surface area contributed by atoms with Gasteiger partial charge in [0.05, 0.1) is 0 Å². The van der Waals surface area contributed by atoms with Gasteiger partial charge < -0.3 is 10.0 Å². The molecule has 0 aromatic heterocycles. The van der Waals surface area contributed by atoms with Gasteiger partial charge in [0.1, 0.15) is 0 Å². The van der Waals surface area contributed by atoms with Crippen LogP contribution in [0.3, 0.4) is 0 Å². The molecular weight excluding hydrogens is 182 g/mol. The van der Waals surface area contributed by atoms with Crippen LogP contribution >= 0.6 is 11.8 Å². The normalized spacial score (nSPS) is 18.9. The van der Waals surface area contributed by atoms with Crippen molar-refractivity contribution in [2.75, 3.05) is 37.7 Å². The highest BCUT2D eigenvalue weighted by Gasteiger charge is 2.23. The van der Waals surface area contributed by atoms with Gasteiger partial charge in [-0.2, -0.15) is 11.8 Å². The average molecular weight is 203 g/mol. The van der Waals surface area contributed by atoms with E-state index in [2.05, 4.69) is 11.8 Å². The zero-order valence-corrected chi connectivity index (χ0v) is 9.35. The molecule has 0 bridgehead atoms. The molecule has 3 heteroatoms. The molecule has 1 aliphatic rings. The second-order valence-electron chi connectivity index (χ2n) is 3.72. The highest BCUT2D eigenvalue weighted by molar-refractivity contribution is 7.99. The fourth-order valence-corrected chi connectivity index (χ4v) is 2.50. The molecule has 0 radical (unpaired) electrons. The van der Waals surface area contributed by atoms with E-state index >= 15 is 0 Å². The first-order valence-electron chi connectivity index (χ1n) is 5.27. The first-order chi connectivity index (χ1) is 6.36. The lowest BCUT2D eigenvalue weighted by Gasteiger charge is -2.38. The van der Waals surface area contributed by atoms with E-state index in [4.69, 9.17) is 5.11 Å². The number of thioether (sulfide) groups is 1. The Bertz CT molecular complexity index is 126. The summed E-state index contributed by atoms with van der Waals surface area (Å²) in [6.07, 6.45) is 2.29. The van der Waals surface area contributed by atoms with Crippen LogP contribution in [-0.4, -0.2) is 47.8 Å². The lowest BCUT2D eigenvalue weighted by Crippen LogP contribution is -2.47. The van der Waals surface area contributed by atoms with Crippen LogP contribution in [0.25, 0.3) is 0 Å². The number of likely N-dealkylation sites (tertiary alicyclic amines) is 1. The number of aliphatic hydroxyl groups is 1. The molecule has 78 valence electrons. The Kier molecular flexibility index (Phi) is 5.83. The van der Waals surface area contributed by atoms with Gasteiger partial charge >= 0.3 is 0 Å². The van der Waals surface area contributed by atoms with E-state index in [1.807, 2.05) is 11.8 Å². The lowest BCUT2D eigenvalue weighted by molar-refractivity contribution is 0.106. The molecular formula is C10H21NOS. The molecule has 0 unspecified atom stereocenters. The summed E-state index contributed by atoms with van der Waals surface area (Å²) in [5.74, 6) is 3.32. The van der Waals surface area contributed by atoms with Gasteiger partial charge in [0.15, 0.2) is 0 Å². The van der Waals surface area contributed by atoms with Crippen LogP contribution in [0.4, 0.5) is 0 Å². The number of hydrogen-bond acceptors (Lipinski definition) is 3. The Morgan fingerprint density at radius 1 is 1.38 bits per heavy atom. The fourth-order valence-electron chi connectivity index (χ4n) is 1.58. The largest absolute Gasteiger partial charge is 0.396 e. The van der Waals surface area contributed by atoms with Crippen molar-refractivity contribution in [2.24, 2.45) is 5.92 Å². The molecule has 2 nitrogen and oxygen atoms in total. The van der Waals surface area contributed by atoms with Crippen molar-refractivity contribution in [3.63, 3.8) is 0 Å². The Morgan fingerprint density at radius 2 is 2.15 bits per heavy atom. The van der Waals surface area contributed by atoms with E-state index in [0.29, 0.717) is 6.61 Å². The maximum atomic E-state index is 8.57. The van der Waals surface area contributed by atoms with E-state index in [9.17, 15) is 0 Å². The van der Waals surface area contributed by atoms with Gasteiger partial charge in [0.2, 0.25) is 0 Å². The molecule has 1 fully saturated rings. The Labute approximate surface area is 85.7 Å². The van der Waals surface area contributed by atoms with Gasteiger partial charge in [-0.25, -0.2) is 0 Å². The minimum atomic E-state index is 0.342. The smallest absolute Gasteiger partial charge is 0.0438 e. The monoisotopic (exact) mass is 203 g/mol. The Balaban J connectivity index is 1.80. The highest BCUT2D eigenvalue weighted by Crippen LogP contribution is 2.18. The van der Waals surface area contributed by atoms with Crippen LogP contribution in [0.15, 0.2) is 0 Å². The molecule has 0 aliphatic carbocycles. The fraction of sp³-hybridized carbons (Fsp3) is 1.00. The number of rotatable bonds is 7. The van der Waals surface area contributed by atoms with Gasteiger partial charge in [-0.1, -0.05) is 13.3 Å². The number of aliphatic hydroxyl groups excluding tert-OH is 1. The molecule has 1 aliphatic heterocycles. The summed E-state index contributed by atoms with van der Waals surface area (Å²) in [5, 5.41) is 8.57. The molecule has 0 amide bonds. The van der Waals surface area contributed by atoms with Crippen LogP contribution in [0.2, 0.25) is 0 Å². The van der Waals surface area contributed by atoms with Crippen LogP contribution in [-0.2, 0) is 0 Å². The molecule has 1 heterocycles. The van der Waals surface area contributed by atoms with Crippen molar-refractivity contribution in [1.29, 1.82) is 0 Å². The van der Waals surface area contributed by atoms with Crippen LogP contribution in [0.5, 0.6) is 0 Å². The summed E-state index contributed by atoms with van der Waals surface area (Å²) in [6.45, 7) is 6.49. The quantitative estimate of drug-likeness (QED) is 0.633. The molecule has 0 spiro atoms. The third-order valence-electron chi connectivity index (χ3n) is 2.61. The zero-order chi connectivity index (χ0) is 9.52. The third kappa shape index (κ3) is 4.34. The standard InChI is InChI=1S/C10H21NOS/c1-2-10-8-11(9-10)4-7-13-6-3-5-12/h10,12H,2-9H2,1H3. The van der Waals surface area contributed by atoms with Crippen molar-refractivity contribution in [3.05, 3.63) is 0 Å². The summed E-state index contributed by atoms with van der Waals surface area (Å²) >= 11 is 1.96. The molecule has 13 heavy (non-hydrogen) atoms. The van der Waals surface area contributed by atoms with Crippen molar-refractivity contribution >= 4 is 11.8 Å². The molecule has 0 saturated carbocycles. The van der Waals surface area contributed by atoms with Crippen LogP contribution in [0, 0.1) is 5.92 Å². The molecule has 1 saturated heterocycles. The lowest BCUT2D eigenvalue weighted by atomic mass is 9.98.